The molecular weight excluding hydrogens is 240 g/mol. The molecule has 1 saturated heterocycles. The third-order valence-corrected chi connectivity index (χ3v) is 4.05. The average molecular weight is 264 g/mol. The molecule has 2 N–H and O–H groups in total. The Morgan fingerprint density at radius 1 is 1.47 bits per heavy atom. The van der Waals surface area contributed by atoms with Gasteiger partial charge in [0.1, 0.15) is 0 Å². The van der Waals surface area contributed by atoms with Crippen molar-refractivity contribution in [3.8, 4) is 0 Å². The van der Waals surface area contributed by atoms with Gasteiger partial charge < -0.3 is 10.5 Å². The van der Waals surface area contributed by atoms with Crippen LogP contribution < -0.4 is 5.73 Å². The molecule has 0 radical (unpaired) electrons. The van der Waals surface area contributed by atoms with E-state index >= 15 is 0 Å². The average Bonchev–Trinajstić information content (AvgIpc) is 2.15. The van der Waals surface area contributed by atoms with E-state index in [0.717, 1.165) is 12.8 Å². The molecule has 1 heterocycles. The minimum Gasteiger partial charge on any atom is -0.379 e. The van der Waals surface area contributed by atoms with E-state index < -0.39 is 10.0 Å². The van der Waals surface area contributed by atoms with Crippen molar-refractivity contribution in [1.82, 2.24) is 4.31 Å². The number of piperidine rings is 1. The fourth-order valence-electron chi connectivity index (χ4n) is 1.95. The summed E-state index contributed by atoms with van der Waals surface area (Å²) >= 11 is 0. The maximum absolute atomic E-state index is 11.4. The van der Waals surface area contributed by atoms with Crippen LogP contribution in [0.3, 0.4) is 0 Å². The highest BCUT2D eigenvalue weighted by Gasteiger charge is 2.26. The van der Waals surface area contributed by atoms with Crippen molar-refractivity contribution < 1.29 is 13.2 Å². The molecule has 5 nitrogen and oxygen atoms in total. The van der Waals surface area contributed by atoms with Crippen LogP contribution in [-0.4, -0.2) is 50.8 Å². The predicted octanol–water partition coefficient (Wildman–Crippen LogP) is 0.412. The molecule has 17 heavy (non-hydrogen) atoms. The molecule has 0 bridgehead atoms. The minimum atomic E-state index is -3.06. The fraction of sp³-hybridized carbons (Fsp3) is 1.00. The first-order chi connectivity index (χ1) is 7.68. The molecule has 0 amide bonds. The third kappa shape index (κ3) is 5.81. The van der Waals surface area contributed by atoms with Crippen LogP contribution in [0.2, 0.25) is 0 Å². The SMILES string of the molecule is CC(C)(N)COCC1CCCN(S(C)(=O)=O)C1. The van der Waals surface area contributed by atoms with Gasteiger partial charge in [0.15, 0.2) is 0 Å². The van der Waals surface area contributed by atoms with E-state index in [2.05, 4.69) is 0 Å². The highest BCUT2D eigenvalue weighted by Crippen LogP contribution is 2.19. The maximum atomic E-state index is 11.4. The topological polar surface area (TPSA) is 72.6 Å². The van der Waals surface area contributed by atoms with Gasteiger partial charge in [0.05, 0.1) is 19.5 Å². The van der Waals surface area contributed by atoms with Crippen molar-refractivity contribution in [2.75, 3.05) is 32.6 Å². The quantitative estimate of drug-likeness (QED) is 0.780. The second-order valence-corrected chi connectivity index (χ2v) is 7.62. The Labute approximate surface area is 104 Å². The molecule has 1 atom stereocenters. The third-order valence-electron chi connectivity index (χ3n) is 2.78. The summed E-state index contributed by atoms with van der Waals surface area (Å²) in [5, 5.41) is 0. The molecule has 1 aliphatic rings. The van der Waals surface area contributed by atoms with E-state index in [1.807, 2.05) is 13.8 Å². The number of rotatable bonds is 5. The normalized spacial score (nSPS) is 23.9. The Balaban J connectivity index is 2.36. The summed E-state index contributed by atoms with van der Waals surface area (Å²) in [6, 6.07) is 0. The largest absolute Gasteiger partial charge is 0.379 e. The Hall–Kier alpha value is -0.170. The van der Waals surface area contributed by atoms with E-state index in [4.69, 9.17) is 10.5 Å². The predicted molar refractivity (Wildman–Crippen MR) is 68.2 cm³/mol. The highest BCUT2D eigenvalue weighted by molar-refractivity contribution is 7.88. The molecule has 1 aliphatic heterocycles. The lowest BCUT2D eigenvalue weighted by Crippen LogP contribution is -2.42. The zero-order chi connectivity index (χ0) is 13.1. The van der Waals surface area contributed by atoms with Crippen LogP contribution >= 0.6 is 0 Å². The van der Waals surface area contributed by atoms with Crippen molar-refractivity contribution in [1.29, 1.82) is 0 Å². The zero-order valence-electron chi connectivity index (χ0n) is 11.0. The van der Waals surface area contributed by atoms with Gasteiger partial charge in [0.2, 0.25) is 10.0 Å². The van der Waals surface area contributed by atoms with Gasteiger partial charge in [-0.05, 0) is 32.6 Å². The minimum absolute atomic E-state index is 0.292. The number of nitrogens with zero attached hydrogens (tertiary/aromatic N) is 1. The number of hydrogen-bond donors (Lipinski definition) is 1. The second-order valence-electron chi connectivity index (χ2n) is 5.63. The summed E-state index contributed by atoms with van der Waals surface area (Å²) in [6.07, 6.45) is 3.20. The Bertz CT molecular complexity index is 335. The molecule has 0 spiro atoms. The summed E-state index contributed by atoms with van der Waals surface area (Å²) in [4.78, 5) is 0. The van der Waals surface area contributed by atoms with Crippen molar-refractivity contribution in [2.45, 2.75) is 32.2 Å². The molecule has 1 unspecified atom stereocenters. The molecule has 0 aromatic rings. The number of hydrogen-bond acceptors (Lipinski definition) is 4. The Morgan fingerprint density at radius 3 is 2.65 bits per heavy atom. The first-order valence-corrected chi connectivity index (χ1v) is 7.85. The van der Waals surface area contributed by atoms with Crippen LogP contribution in [-0.2, 0) is 14.8 Å². The van der Waals surface area contributed by atoms with E-state index in [9.17, 15) is 8.42 Å². The summed E-state index contributed by atoms with van der Waals surface area (Å²) in [5.74, 6) is 0.292. The van der Waals surface area contributed by atoms with Crippen molar-refractivity contribution in [2.24, 2.45) is 11.7 Å². The standard InChI is InChI=1S/C11H24N2O3S/c1-11(2,12)9-16-8-10-5-4-6-13(7-10)17(3,14)15/h10H,4-9,12H2,1-3H3. The summed E-state index contributed by atoms with van der Waals surface area (Å²) in [5.41, 5.74) is 5.49. The molecule has 0 saturated carbocycles. The number of sulfonamides is 1. The monoisotopic (exact) mass is 264 g/mol. The van der Waals surface area contributed by atoms with Crippen LogP contribution in [0.5, 0.6) is 0 Å². The van der Waals surface area contributed by atoms with Gasteiger partial charge in [-0.2, -0.15) is 0 Å². The maximum Gasteiger partial charge on any atom is 0.211 e. The van der Waals surface area contributed by atoms with Crippen molar-refractivity contribution >= 4 is 10.0 Å². The molecule has 6 heteroatoms. The van der Waals surface area contributed by atoms with Gasteiger partial charge in [0, 0.05) is 18.6 Å². The lowest BCUT2D eigenvalue weighted by Gasteiger charge is -2.31. The van der Waals surface area contributed by atoms with Gasteiger partial charge in [-0.3, -0.25) is 0 Å². The second kappa shape index (κ2) is 5.65. The van der Waals surface area contributed by atoms with Gasteiger partial charge >= 0.3 is 0 Å². The zero-order valence-corrected chi connectivity index (χ0v) is 11.8. The summed E-state index contributed by atoms with van der Waals surface area (Å²) < 4.78 is 30.0. The molecule has 102 valence electrons. The Kier molecular flexibility index (Phi) is 4.95. The smallest absolute Gasteiger partial charge is 0.211 e. The van der Waals surface area contributed by atoms with Crippen molar-refractivity contribution in [3.63, 3.8) is 0 Å². The lowest BCUT2D eigenvalue weighted by molar-refractivity contribution is 0.0537. The first-order valence-electron chi connectivity index (χ1n) is 6.00. The number of nitrogens with two attached hydrogens (primary N) is 1. The van der Waals surface area contributed by atoms with Crippen LogP contribution in [0.1, 0.15) is 26.7 Å². The van der Waals surface area contributed by atoms with Crippen LogP contribution in [0.25, 0.3) is 0 Å². The van der Waals surface area contributed by atoms with E-state index in [0.29, 0.717) is 32.2 Å². The number of ether oxygens (including phenoxy) is 1. The van der Waals surface area contributed by atoms with Gasteiger partial charge in [-0.1, -0.05) is 0 Å². The van der Waals surface area contributed by atoms with Crippen LogP contribution in [0, 0.1) is 5.92 Å². The first kappa shape index (κ1) is 14.9. The molecular formula is C11H24N2O3S. The lowest BCUT2D eigenvalue weighted by atomic mass is 10.0. The molecule has 1 fully saturated rings. The molecule has 0 aromatic carbocycles. The molecule has 0 aromatic heterocycles. The van der Waals surface area contributed by atoms with Crippen LogP contribution in [0.4, 0.5) is 0 Å². The van der Waals surface area contributed by atoms with Gasteiger partial charge in [-0.25, -0.2) is 12.7 Å². The molecule has 1 rings (SSSR count). The van der Waals surface area contributed by atoms with Crippen molar-refractivity contribution in [3.05, 3.63) is 0 Å². The van der Waals surface area contributed by atoms with Gasteiger partial charge in [-0.15, -0.1) is 0 Å². The van der Waals surface area contributed by atoms with E-state index in [1.165, 1.54) is 10.6 Å². The molecule has 0 aliphatic carbocycles. The highest BCUT2D eigenvalue weighted by atomic mass is 32.2. The summed E-state index contributed by atoms with van der Waals surface area (Å²) in [6.45, 7) is 6.13. The Morgan fingerprint density at radius 2 is 2.12 bits per heavy atom. The van der Waals surface area contributed by atoms with E-state index in [1.54, 1.807) is 0 Å². The fourth-order valence-corrected chi connectivity index (χ4v) is 2.90. The van der Waals surface area contributed by atoms with E-state index in [-0.39, 0.29) is 5.54 Å². The van der Waals surface area contributed by atoms with Gasteiger partial charge in [0.25, 0.3) is 0 Å². The van der Waals surface area contributed by atoms with Crippen LogP contribution in [0.15, 0.2) is 0 Å². The summed E-state index contributed by atoms with van der Waals surface area (Å²) in [7, 11) is -3.06.